The molecule has 0 bridgehead atoms. The van der Waals surface area contributed by atoms with Gasteiger partial charge in [-0.2, -0.15) is 0 Å². The van der Waals surface area contributed by atoms with Gasteiger partial charge in [-0.25, -0.2) is 0 Å². The fraction of sp³-hybridized carbons (Fsp3) is 0.931. The zero-order valence-corrected chi connectivity index (χ0v) is 53.2. The van der Waals surface area contributed by atoms with Gasteiger partial charge in [-0.05, 0) is 44.9 Å². The van der Waals surface area contributed by atoms with Crippen molar-refractivity contribution < 1.29 is 28.6 Å². The van der Waals surface area contributed by atoms with E-state index in [0.717, 1.165) is 64.2 Å². The van der Waals surface area contributed by atoms with Gasteiger partial charge in [0.25, 0.3) is 0 Å². The van der Waals surface area contributed by atoms with Crippen LogP contribution in [0.2, 0.25) is 0 Å². The molecule has 0 radical (unpaired) electrons. The summed E-state index contributed by atoms with van der Waals surface area (Å²) in [4.78, 5) is 38.4. The van der Waals surface area contributed by atoms with Crippen LogP contribution in [-0.2, 0) is 28.6 Å². The number of esters is 3. The second-order valence-corrected chi connectivity index (χ2v) is 24.5. The molecular weight excluding hydrogens is 961 g/mol. The second kappa shape index (κ2) is 67.7. The van der Waals surface area contributed by atoms with Crippen LogP contribution < -0.4 is 0 Å². The van der Waals surface area contributed by atoms with Crippen molar-refractivity contribution in [3.63, 3.8) is 0 Å². The molecule has 0 aromatic heterocycles. The number of carbonyl (C=O) groups excluding carboxylic acids is 3. The first-order valence-electron chi connectivity index (χ1n) is 35.7. The van der Waals surface area contributed by atoms with Crippen LogP contribution in [0.5, 0.6) is 0 Å². The van der Waals surface area contributed by atoms with Crippen molar-refractivity contribution in [1.29, 1.82) is 0 Å². The molecule has 0 aliphatic heterocycles. The van der Waals surface area contributed by atoms with Crippen LogP contribution in [-0.4, -0.2) is 37.2 Å². The molecule has 0 aromatic carbocycles. The molecule has 0 saturated carbocycles. The van der Waals surface area contributed by atoms with Gasteiger partial charge in [0, 0.05) is 19.3 Å². The third-order valence-electron chi connectivity index (χ3n) is 16.5. The van der Waals surface area contributed by atoms with Crippen molar-refractivity contribution in [3.05, 3.63) is 12.2 Å². The summed E-state index contributed by atoms with van der Waals surface area (Å²) in [7, 11) is 0. The number of hydrogen-bond donors (Lipinski definition) is 0. The van der Waals surface area contributed by atoms with E-state index < -0.39 is 6.10 Å². The number of ether oxygens (including phenoxy) is 3. The molecule has 0 amide bonds. The standard InChI is InChI=1S/C72H138O6/c1-4-7-10-13-16-19-22-25-27-29-31-32-33-34-35-36-37-38-39-41-42-44-47-50-53-56-59-62-65-71(74)77-68-69(67-76-70(73)64-61-58-55-52-49-46-24-21-18-15-12-9-6-3)78-72(75)66-63-60-57-54-51-48-45-43-40-30-28-26-23-20-17-14-11-8-5-2/h21,24,69H,4-20,22-23,25-68H2,1-3H3/b24-21-. The molecule has 78 heavy (non-hydrogen) atoms. The Bertz CT molecular complexity index is 1210. The SMILES string of the molecule is CCCCCC/C=C\CCCCCCCC(=O)OCC(COC(=O)CCCCCCCCCCCCCCCCCCCCCCCCCCCCCC)OC(=O)CCCCCCCCCCCCCCCCCCCCC. The summed E-state index contributed by atoms with van der Waals surface area (Å²) >= 11 is 0. The number of rotatable bonds is 67. The molecular formula is C72H138O6. The van der Waals surface area contributed by atoms with E-state index in [1.165, 1.54) is 308 Å². The van der Waals surface area contributed by atoms with Gasteiger partial charge in [0.05, 0.1) is 0 Å². The molecule has 0 aromatic rings. The predicted octanol–water partition coefficient (Wildman–Crippen LogP) is 24.4. The molecule has 1 atom stereocenters. The maximum absolute atomic E-state index is 12.9. The molecule has 0 fully saturated rings. The zero-order valence-electron chi connectivity index (χ0n) is 53.2. The van der Waals surface area contributed by atoms with E-state index in [0.29, 0.717) is 19.3 Å². The van der Waals surface area contributed by atoms with Crippen molar-refractivity contribution in [1.82, 2.24) is 0 Å². The highest BCUT2D eigenvalue weighted by Crippen LogP contribution is 2.19. The quantitative estimate of drug-likeness (QED) is 0.0261. The number of hydrogen-bond acceptors (Lipinski definition) is 6. The van der Waals surface area contributed by atoms with Crippen molar-refractivity contribution in [2.24, 2.45) is 0 Å². The Labute approximate surface area is 488 Å². The number of unbranched alkanes of at least 4 members (excludes halogenated alkanes) is 54. The van der Waals surface area contributed by atoms with Crippen LogP contribution in [0.25, 0.3) is 0 Å². The highest BCUT2D eigenvalue weighted by molar-refractivity contribution is 5.71. The molecule has 0 aliphatic carbocycles. The van der Waals surface area contributed by atoms with Gasteiger partial charge in [-0.1, -0.05) is 360 Å². The third-order valence-corrected chi connectivity index (χ3v) is 16.5. The van der Waals surface area contributed by atoms with E-state index in [4.69, 9.17) is 14.2 Å². The van der Waals surface area contributed by atoms with E-state index >= 15 is 0 Å². The molecule has 462 valence electrons. The molecule has 0 heterocycles. The first kappa shape index (κ1) is 76.1. The minimum absolute atomic E-state index is 0.0657. The topological polar surface area (TPSA) is 78.9 Å². The summed E-state index contributed by atoms with van der Waals surface area (Å²) in [6.07, 6.45) is 81.1. The normalized spacial score (nSPS) is 12.0. The van der Waals surface area contributed by atoms with E-state index in [1.54, 1.807) is 0 Å². The molecule has 0 N–H and O–H groups in total. The Balaban J connectivity index is 4.16. The van der Waals surface area contributed by atoms with Crippen LogP contribution in [0.3, 0.4) is 0 Å². The second-order valence-electron chi connectivity index (χ2n) is 24.5. The summed E-state index contributed by atoms with van der Waals surface area (Å²) < 4.78 is 17.0. The lowest BCUT2D eigenvalue weighted by Crippen LogP contribution is -2.30. The third kappa shape index (κ3) is 65.0. The van der Waals surface area contributed by atoms with Crippen molar-refractivity contribution in [2.75, 3.05) is 13.2 Å². The molecule has 0 saturated heterocycles. The summed E-state index contributed by atoms with van der Waals surface area (Å²) in [5.41, 5.74) is 0. The van der Waals surface area contributed by atoms with Gasteiger partial charge >= 0.3 is 17.9 Å². The van der Waals surface area contributed by atoms with Crippen LogP contribution in [0, 0.1) is 0 Å². The zero-order chi connectivity index (χ0) is 56.4. The Morgan fingerprint density at radius 1 is 0.244 bits per heavy atom. The first-order valence-corrected chi connectivity index (χ1v) is 35.7. The fourth-order valence-electron chi connectivity index (χ4n) is 11.2. The Kier molecular flexibility index (Phi) is 66.0. The van der Waals surface area contributed by atoms with Crippen LogP contribution in [0.4, 0.5) is 0 Å². The number of allylic oxidation sites excluding steroid dienone is 2. The molecule has 6 nitrogen and oxygen atoms in total. The van der Waals surface area contributed by atoms with Crippen molar-refractivity contribution in [2.45, 2.75) is 419 Å². The van der Waals surface area contributed by atoms with Gasteiger partial charge < -0.3 is 14.2 Å². The first-order chi connectivity index (χ1) is 38.5. The van der Waals surface area contributed by atoms with E-state index in [9.17, 15) is 14.4 Å². The lowest BCUT2D eigenvalue weighted by Gasteiger charge is -2.18. The van der Waals surface area contributed by atoms with Crippen molar-refractivity contribution >= 4 is 17.9 Å². The van der Waals surface area contributed by atoms with Gasteiger partial charge in [0.15, 0.2) is 6.10 Å². The minimum atomic E-state index is -0.769. The molecule has 6 heteroatoms. The largest absolute Gasteiger partial charge is 0.462 e. The minimum Gasteiger partial charge on any atom is -0.462 e. The lowest BCUT2D eigenvalue weighted by molar-refractivity contribution is -0.167. The molecule has 1 unspecified atom stereocenters. The lowest BCUT2D eigenvalue weighted by atomic mass is 10.0. The van der Waals surface area contributed by atoms with Crippen LogP contribution in [0.15, 0.2) is 12.2 Å². The van der Waals surface area contributed by atoms with Crippen molar-refractivity contribution in [3.8, 4) is 0 Å². The van der Waals surface area contributed by atoms with Crippen LogP contribution >= 0.6 is 0 Å². The Morgan fingerprint density at radius 3 is 0.654 bits per heavy atom. The fourth-order valence-corrected chi connectivity index (χ4v) is 11.2. The van der Waals surface area contributed by atoms with E-state index in [-0.39, 0.29) is 31.1 Å². The van der Waals surface area contributed by atoms with Crippen LogP contribution in [0.1, 0.15) is 412 Å². The maximum Gasteiger partial charge on any atom is 0.306 e. The van der Waals surface area contributed by atoms with Gasteiger partial charge in [-0.15, -0.1) is 0 Å². The predicted molar refractivity (Wildman–Crippen MR) is 340 cm³/mol. The summed E-state index contributed by atoms with van der Waals surface area (Å²) in [6, 6.07) is 0. The number of carbonyl (C=O) groups is 3. The molecule has 0 aliphatic rings. The van der Waals surface area contributed by atoms with Gasteiger partial charge in [0.2, 0.25) is 0 Å². The molecule has 0 spiro atoms. The highest BCUT2D eigenvalue weighted by atomic mass is 16.6. The van der Waals surface area contributed by atoms with Gasteiger partial charge in [0.1, 0.15) is 13.2 Å². The van der Waals surface area contributed by atoms with E-state index in [1.807, 2.05) is 0 Å². The average Bonchev–Trinajstić information content (AvgIpc) is 3.44. The monoisotopic (exact) mass is 1100 g/mol. The average molecular weight is 1100 g/mol. The van der Waals surface area contributed by atoms with Gasteiger partial charge in [-0.3, -0.25) is 14.4 Å². The molecule has 0 rings (SSSR count). The maximum atomic E-state index is 12.9. The Hall–Kier alpha value is -1.85. The Morgan fingerprint density at radius 2 is 0.423 bits per heavy atom. The summed E-state index contributed by atoms with van der Waals surface area (Å²) in [5.74, 6) is -0.840. The highest BCUT2D eigenvalue weighted by Gasteiger charge is 2.19. The van der Waals surface area contributed by atoms with E-state index in [2.05, 4.69) is 32.9 Å². The smallest absolute Gasteiger partial charge is 0.306 e. The summed E-state index contributed by atoms with van der Waals surface area (Å²) in [5, 5.41) is 0. The summed E-state index contributed by atoms with van der Waals surface area (Å²) in [6.45, 7) is 6.71.